The van der Waals surface area contributed by atoms with Crippen LogP contribution in [0.1, 0.15) is 80.9 Å². The predicted octanol–water partition coefficient (Wildman–Crippen LogP) is 5.41. The number of nitrogens with zero attached hydrogens (tertiary/aromatic N) is 5. The highest BCUT2D eigenvalue weighted by molar-refractivity contribution is 5.79. The van der Waals surface area contributed by atoms with Crippen LogP contribution < -0.4 is 5.56 Å². The molecule has 2 aromatic heterocycles. The maximum absolute atomic E-state index is 13.2. The minimum absolute atomic E-state index is 0.00807. The molecule has 4 aromatic rings. The highest BCUT2D eigenvalue weighted by Gasteiger charge is 2.32. The second-order valence-electron chi connectivity index (χ2n) is 9.97. The van der Waals surface area contributed by atoms with Crippen molar-refractivity contribution in [3.8, 4) is 0 Å². The van der Waals surface area contributed by atoms with E-state index in [4.69, 9.17) is 0 Å². The summed E-state index contributed by atoms with van der Waals surface area (Å²) < 4.78 is 1.93. The molecule has 2 aromatic carbocycles. The number of benzene rings is 2. The summed E-state index contributed by atoms with van der Waals surface area (Å²) in [6, 6.07) is 19.1. The third-order valence-electron chi connectivity index (χ3n) is 7.61. The van der Waals surface area contributed by atoms with Crippen molar-refractivity contribution < 1.29 is 0 Å². The first-order valence-corrected chi connectivity index (χ1v) is 13.4. The van der Waals surface area contributed by atoms with E-state index in [2.05, 4.69) is 69.6 Å². The number of aromatic nitrogens is 5. The molecule has 7 heteroatoms. The normalized spacial score (nSPS) is 15.5. The highest BCUT2D eigenvalue weighted by atomic mass is 16.1. The van der Waals surface area contributed by atoms with Gasteiger partial charge in [-0.3, -0.25) is 9.69 Å². The van der Waals surface area contributed by atoms with Gasteiger partial charge >= 0.3 is 0 Å². The second kappa shape index (κ2) is 11.2. The van der Waals surface area contributed by atoms with Gasteiger partial charge in [0.15, 0.2) is 5.82 Å². The van der Waals surface area contributed by atoms with Crippen molar-refractivity contribution in [2.45, 2.75) is 84.0 Å². The molecule has 0 spiro atoms. The van der Waals surface area contributed by atoms with Crippen molar-refractivity contribution in [2.24, 2.45) is 0 Å². The zero-order chi connectivity index (χ0) is 24.9. The van der Waals surface area contributed by atoms with Gasteiger partial charge in [0.1, 0.15) is 0 Å². The van der Waals surface area contributed by atoms with Crippen molar-refractivity contribution in [2.75, 3.05) is 0 Å². The number of fused-ring (bicyclic) bond motifs is 1. The fourth-order valence-corrected chi connectivity index (χ4v) is 5.63. The summed E-state index contributed by atoms with van der Waals surface area (Å²) in [7, 11) is 0. The number of nitrogens with one attached hydrogen (secondary N) is 1. The molecule has 1 atom stereocenters. The third kappa shape index (κ3) is 5.26. The smallest absolute Gasteiger partial charge is 0.252 e. The van der Waals surface area contributed by atoms with Gasteiger partial charge in [0.05, 0.1) is 12.6 Å². The lowest BCUT2D eigenvalue weighted by Gasteiger charge is -2.39. The van der Waals surface area contributed by atoms with Gasteiger partial charge in [-0.05, 0) is 70.8 Å². The van der Waals surface area contributed by atoms with Crippen LogP contribution in [0.5, 0.6) is 0 Å². The van der Waals surface area contributed by atoms with Gasteiger partial charge in [0, 0.05) is 23.7 Å². The Kier molecular flexibility index (Phi) is 7.56. The summed E-state index contributed by atoms with van der Waals surface area (Å²) in [5.74, 6) is 0.873. The standard InChI is InChI=1S/C29H36N6O/c1-3-21-15-16-26-23(17-21)18-24(29(36)30-26)20-34(25-13-9-6-10-14-25)27(4-2)28-31-32-33-35(28)19-22-11-7-5-8-12-22/h5,7-8,11-12,15-18,25,27H,3-4,6,9-10,13-14,19-20H2,1-2H3,(H,30,36)/t27-/m0/s1. The van der Waals surface area contributed by atoms with Gasteiger partial charge in [-0.25, -0.2) is 4.68 Å². The van der Waals surface area contributed by atoms with Crippen LogP contribution in [0.3, 0.4) is 0 Å². The fourth-order valence-electron chi connectivity index (χ4n) is 5.63. The number of tetrazole rings is 1. The number of rotatable bonds is 9. The van der Waals surface area contributed by atoms with Gasteiger partial charge in [-0.15, -0.1) is 5.10 Å². The van der Waals surface area contributed by atoms with Gasteiger partial charge in [0.25, 0.3) is 5.56 Å². The van der Waals surface area contributed by atoms with E-state index in [0.29, 0.717) is 19.1 Å². The van der Waals surface area contributed by atoms with Crippen LogP contribution in [-0.4, -0.2) is 36.1 Å². The van der Waals surface area contributed by atoms with Crippen LogP contribution in [0.2, 0.25) is 0 Å². The van der Waals surface area contributed by atoms with Crippen LogP contribution in [0.4, 0.5) is 0 Å². The van der Waals surface area contributed by atoms with Crippen molar-refractivity contribution in [3.05, 3.63) is 87.5 Å². The fraction of sp³-hybridized carbons (Fsp3) is 0.448. The van der Waals surface area contributed by atoms with Crippen LogP contribution in [0.25, 0.3) is 10.9 Å². The molecular formula is C29H36N6O. The van der Waals surface area contributed by atoms with Gasteiger partial charge in [0.2, 0.25) is 0 Å². The van der Waals surface area contributed by atoms with E-state index < -0.39 is 0 Å². The summed E-state index contributed by atoms with van der Waals surface area (Å²) in [4.78, 5) is 18.8. The van der Waals surface area contributed by atoms with Crippen LogP contribution >= 0.6 is 0 Å². The average molecular weight is 485 g/mol. The molecule has 1 aliphatic rings. The Hall–Kier alpha value is -3.32. The summed E-state index contributed by atoms with van der Waals surface area (Å²) in [6.45, 7) is 5.57. The van der Waals surface area contributed by atoms with E-state index in [1.165, 1.54) is 30.4 Å². The zero-order valence-corrected chi connectivity index (χ0v) is 21.4. The maximum atomic E-state index is 13.2. The van der Waals surface area contributed by atoms with Crippen molar-refractivity contribution in [1.82, 2.24) is 30.1 Å². The summed E-state index contributed by atoms with van der Waals surface area (Å²) in [5, 5.41) is 14.0. The predicted molar refractivity (Wildman–Crippen MR) is 143 cm³/mol. The lowest BCUT2D eigenvalue weighted by molar-refractivity contribution is 0.0844. The van der Waals surface area contributed by atoms with Crippen LogP contribution in [0.15, 0.2) is 59.4 Å². The van der Waals surface area contributed by atoms with Crippen molar-refractivity contribution in [1.29, 1.82) is 0 Å². The Bertz CT molecular complexity index is 1340. The first kappa shape index (κ1) is 24.4. The van der Waals surface area contributed by atoms with Crippen molar-refractivity contribution in [3.63, 3.8) is 0 Å². The first-order chi connectivity index (χ1) is 17.7. The monoisotopic (exact) mass is 484 g/mol. The summed E-state index contributed by atoms with van der Waals surface area (Å²) in [6.07, 6.45) is 7.85. The van der Waals surface area contributed by atoms with Gasteiger partial charge < -0.3 is 4.98 Å². The zero-order valence-electron chi connectivity index (χ0n) is 21.4. The topological polar surface area (TPSA) is 79.7 Å². The molecule has 0 aliphatic heterocycles. The summed E-state index contributed by atoms with van der Waals surface area (Å²) >= 11 is 0. The van der Waals surface area contributed by atoms with E-state index in [1.54, 1.807) is 0 Å². The molecule has 1 saturated carbocycles. The van der Waals surface area contributed by atoms with Crippen LogP contribution in [0, 0.1) is 0 Å². The lowest BCUT2D eigenvalue weighted by Crippen LogP contribution is -2.41. The first-order valence-electron chi connectivity index (χ1n) is 13.4. The molecule has 2 heterocycles. The lowest BCUT2D eigenvalue weighted by atomic mass is 9.92. The van der Waals surface area contributed by atoms with E-state index in [-0.39, 0.29) is 11.6 Å². The largest absolute Gasteiger partial charge is 0.322 e. The Morgan fingerprint density at radius 1 is 1.03 bits per heavy atom. The molecule has 1 aliphatic carbocycles. The molecule has 7 nitrogen and oxygen atoms in total. The molecule has 0 bridgehead atoms. The maximum Gasteiger partial charge on any atom is 0.252 e. The Labute approximate surface area is 212 Å². The molecular weight excluding hydrogens is 448 g/mol. The average Bonchev–Trinajstić information content (AvgIpc) is 3.37. The van der Waals surface area contributed by atoms with E-state index in [0.717, 1.165) is 48.0 Å². The van der Waals surface area contributed by atoms with E-state index >= 15 is 0 Å². The highest BCUT2D eigenvalue weighted by Crippen LogP contribution is 2.33. The van der Waals surface area contributed by atoms with Crippen LogP contribution in [-0.2, 0) is 19.5 Å². The quantitative estimate of drug-likeness (QED) is 0.344. The second-order valence-corrected chi connectivity index (χ2v) is 9.97. The van der Waals surface area contributed by atoms with E-state index in [9.17, 15) is 4.79 Å². The Morgan fingerprint density at radius 3 is 2.58 bits per heavy atom. The number of pyridine rings is 1. The Morgan fingerprint density at radius 2 is 1.83 bits per heavy atom. The summed E-state index contributed by atoms with van der Waals surface area (Å²) in [5.41, 5.74) is 4.14. The molecule has 0 unspecified atom stereocenters. The number of aryl methyl sites for hydroxylation is 1. The molecule has 188 valence electrons. The molecule has 5 rings (SSSR count). The van der Waals surface area contributed by atoms with Gasteiger partial charge in [-0.2, -0.15) is 0 Å². The molecule has 0 saturated heterocycles. The minimum Gasteiger partial charge on any atom is -0.322 e. The molecule has 1 fully saturated rings. The molecule has 36 heavy (non-hydrogen) atoms. The van der Waals surface area contributed by atoms with Gasteiger partial charge in [-0.1, -0.05) is 69.5 Å². The van der Waals surface area contributed by atoms with Crippen molar-refractivity contribution >= 4 is 10.9 Å². The Balaban J connectivity index is 1.51. The molecule has 0 amide bonds. The number of hydrogen-bond donors (Lipinski definition) is 1. The number of H-pyrrole nitrogens is 1. The third-order valence-corrected chi connectivity index (χ3v) is 7.61. The minimum atomic E-state index is -0.00807. The molecule has 0 radical (unpaired) electrons. The van der Waals surface area contributed by atoms with E-state index in [1.807, 2.05) is 28.9 Å². The molecule has 1 N–H and O–H groups in total. The SMILES string of the molecule is CCc1ccc2[nH]c(=O)c(CN(C3CCCCC3)[C@@H](CC)c3nnnn3Cc3ccccc3)cc2c1. The number of aromatic amines is 1. The number of hydrogen-bond acceptors (Lipinski definition) is 5.